The highest BCUT2D eigenvalue weighted by Crippen LogP contribution is 2.25. The average molecular weight is 298 g/mol. The van der Waals surface area contributed by atoms with E-state index in [1.807, 2.05) is 12.1 Å². The van der Waals surface area contributed by atoms with Crippen LogP contribution >= 0.6 is 0 Å². The normalized spacial score (nSPS) is 15.7. The monoisotopic (exact) mass is 298 g/mol. The number of nitrogen functional groups attached to an aromatic ring is 1. The number of nitrogens with zero attached hydrogens (tertiary/aromatic N) is 2. The number of nitrogens with two attached hydrogens (primary N) is 1. The van der Waals surface area contributed by atoms with Crippen LogP contribution in [0.2, 0.25) is 0 Å². The Balaban J connectivity index is 1.79. The van der Waals surface area contributed by atoms with Crippen molar-refractivity contribution in [1.29, 1.82) is 0 Å². The highest BCUT2D eigenvalue weighted by molar-refractivity contribution is 5.32. The molecule has 5 nitrogen and oxygen atoms in total. The molecular weight excluding hydrogens is 276 g/mol. The van der Waals surface area contributed by atoms with Gasteiger partial charge in [-0.3, -0.25) is 0 Å². The molecule has 0 atom stereocenters. The van der Waals surface area contributed by atoms with E-state index in [9.17, 15) is 0 Å². The van der Waals surface area contributed by atoms with E-state index in [4.69, 9.17) is 10.5 Å². The standard InChI is InChI=1S/C17H22N4O/c1-22-15-4-2-12(3-5-15)10-14-11-16(21-17(18)20-14)13-6-8-19-9-7-13/h2-5,11,13,19H,6-10H2,1H3,(H2,18,20,21). The van der Waals surface area contributed by atoms with Gasteiger partial charge in [0.15, 0.2) is 0 Å². The van der Waals surface area contributed by atoms with E-state index in [1.165, 1.54) is 5.56 Å². The van der Waals surface area contributed by atoms with Gasteiger partial charge in [-0.1, -0.05) is 12.1 Å². The number of benzene rings is 1. The van der Waals surface area contributed by atoms with Gasteiger partial charge < -0.3 is 15.8 Å². The Bertz CT molecular complexity index is 621. The summed E-state index contributed by atoms with van der Waals surface area (Å²) >= 11 is 0. The minimum absolute atomic E-state index is 0.375. The first-order chi connectivity index (χ1) is 10.7. The van der Waals surface area contributed by atoms with Crippen LogP contribution in [0.3, 0.4) is 0 Å². The fourth-order valence-electron chi connectivity index (χ4n) is 2.91. The molecule has 2 aromatic rings. The van der Waals surface area contributed by atoms with Gasteiger partial charge in [0, 0.05) is 18.0 Å². The molecule has 1 aliphatic heterocycles. The van der Waals surface area contributed by atoms with Gasteiger partial charge in [-0.2, -0.15) is 0 Å². The van der Waals surface area contributed by atoms with Crippen molar-refractivity contribution in [2.45, 2.75) is 25.2 Å². The number of hydrogen-bond acceptors (Lipinski definition) is 5. The molecule has 0 unspecified atom stereocenters. The van der Waals surface area contributed by atoms with Crippen LogP contribution in [0.4, 0.5) is 5.95 Å². The van der Waals surface area contributed by atoms with E-state index in [0.717, 1.165) is 49.5 Å². The fourth-order valence-corrected chi connectivity index (χ4v) is 2.91. The van der Waals surface area contributed by atoms with E-state index in [2.05, 4.69) is 33.5 Å². The van der Waals surface area contributed by atoms with Crippen LogP contribution in [0.25, 0.3) is 0 Å². The predicted molar refractivity (Wildman–Crippen MR) is 87.1 cm³/mol. The van der Waals surface area contributed by atoms with Gasteiger partial charge in [0.1, 0.15) is 5.75 Å². The molecule has 0 spiro atoms. The molecule has 1 aromatic heterocycles. The summed E-state index contributed by atoms with van der Waals surface area (Å²) in [7, 11) is 1.67. The molecular formula is C17H22N4O. The number of aromatic nitrogens is 2. The van der Waals surface area contributed by atoms with Gasteiger partial charge in [-0.15, -0.1) is 0 Å². The molecule has 3 N–H and O–H groups in total. The van der Waals surface area contributed by atoms with Crippen molar-refractivity contribution in [3.63, 3.8) is 0 Å². The molecule has 1 aromatic carbocycles. The molecule has 1 saturated heterocycles. The minimum Gasteiger partial charge on any atom is -0.497 e. The third-order valence-electron chi connectivity index (χ3n) is 4.12. The molecule has 5 heteroatoms. The Hall–Kier alpha value is -2.14. The lowest BCUT2D eigenvalue weighted by atomic mass is 9.93. The average Bonchev–Trinajstić information content (AvgIpc) is 2.56. The first kappa shape index (κ1) is 14.8. The van der Waals surface area contributed by atoms with Crippen molar-refractivity contribution < 1.29 is 4.74 Å². The van der Waals surface area contributed by atoms with Crippen molar-refractivity contribution in [1.82, 2.24) is 15.3 Å². The quantitative estimate of drug-likeness (QED) is 0.904. The lowest BCUT2D eigenvalue weighted by Crippen LogP contribution is -2.27. The van der Waals surface area contributed by atoms with Crippen LogP contribution in [0, 0.1) is 0 Å². The lowest BCUT2D eigenvalue weighted by molar-refractivity contribution is 0.414. The van der Waals surface area contributed by atoms with E-state index in [0.29, 0.717) is 11.9 Å². The second kappa shape index (κ2) is 6.75. The van der Waals surface area contributed by atoms with E-state index < -0.39 is 0 Å². The van der Waals surface area contributed by atoms with Gasteiger partial charge in [0.2, 0.25) is 5.95 Å². The van der Waals surface area contributed by atoms with Crippen LogP contribution in [0.1, 0.15) is 35.7 Å². The number of ether oxygens (including phenoxy) is 1. The van der Waals surface area contributed by atoms with Crippen LogP contribution in [-0.2, 0) is 6.42 Å². The number of piperidine rings is 1. The molecule has 3 rings (SSSR count). The highest BCUT2D eigenvalue weighted by Gasteiger charge is 2.18. The van der Waals surface area contributed by atoms with Gasteiger partial charge in [-0.25, -0.2) is 9.97 Å². The van der Waals surface area contributed by atoms with Crippen LogP contribution < -0.4 is 15.8 Å². The zero-order chi connectivity index (χ0) is 15.4. The minimum atomic E-state index is 0.375. The summed E-state index contributed by atoms with van der Waals surface area (Å²) in [5.41, 5.74) is 9.16. The molecule has 1 aliphatic rings. The second-order valence-electron chi connectivity index (χ2n) is 5.69. The van der Waals surface area contributed by atoms with Crippen molar-refractivity contribution in [2.75, 3.05) is 25.9 Å². The number of hydrogen-bond donors (Lipinski definition) is 2. The van der Waals surface area contributed by atoms with E-state index in [-0.39, 0.29) is 0 Å². The van der Waals surface area contributed by atoms with Crippen molar-refractivity contribution in [3.8, 4) is 5.75 Å². The first-order valence-corrected chi connectivity index (χ1v) is 7.71. The Morgan fingerprint density at radius 3 is 2.59 bits per heavy atom. The molecule has 22 heavy (non-hydrogen) atoms. The van der Waals surface area contributed by atoms with Crippen molar-refractivity contribution >= 4 is 5.95 Å². The van der Waals surface area contributed by atoms with Gasteiger partial charge in [0.05, 0.1) is 12.8 Å². The zero-order valence-electron chi connectivity index (χ0n) is 12.9. The number of rotatable bonds is 4. The van der Waals surface area contributed by atoms with Crippen LogP contribution in [-0.4, -0.2) is 30.2 Å². The summed E-state index contributed by atoms with van der Waals surface area (Å²) in [5.74, 6) is 1.72. The molecule has 0 radical (unpaired) electrons. The smallest absolute Gasteiger partial charge is 0.220 e. The van der Waals surface area contributed by atoms with Gasteiger partial charge >= 0.3 is 0 Å². The summed E-state index contributed by atoms with van der Waals surface area (Å²) in [6, 6.07) is 10.2. The first-order valence-electron chi connectivity index (χ1n) is 7.71. The summed E-state index contributed by atoms with van der Waals surface area (Å²) in [6.07, 6.45) is 2.98. The summed E-state index contributed by atoms with van der Waals surface area (Å²) < 4.78 is 5.19. The second-order valence-corrected chi connectivity index (χ2v) is 5.69. The third kappa shape index (κ3) is 3.54. The Labute approximate surface area is 130 Å². The molecule has 0 aliphatic carbocycles. The molecule has 1 fully saturated rings. The topological polar surface area (TPSA) is 73.1 Å². The van der Waals surface area contributed by atoms with E-state index >= 15 is 0 Å². The molecule has 0 bridgehead atoms. The highest BCUT2D eigenvalue weighted by atomic mass is 16.5. The maximum absolute atomic E-state index is 5.91. The maximum atomic E-state index is 5.91. The molecule has 0 amide bonds. The van der Waals surface area contributed by atoms with Gasteiger partial charge in [0.25, 0.3) is 0 Å². The Morgan fingerprint density at radius 2 is 1.91 bits per heavy atom. The predicted octanol–water partition coefficient (Wildman–Crippen LogP) is 2.13. The molecule has 116 valence electrons. The SMILES string of the molecule is COc1ccc(Cc2cc(C3CCNCC3)nc(N)n2)cc1. The molecule has 2 heterocycles. The summed E-state index contributed by atoms with van der Waals surface area (Å²) in [5, 5.41) is 3.38. The van der Waals surface area contributed by atoms with Crippen molar-refractivity contribution in [3.05, 3.63) is 47.3 Å². The Kier molecular flexibility index (Phi) is 4.53. The largest absolute Gasteiger partial charge is 0.497 e. The molecule has 0 saturated carbocycles. The zero-order valence-corrected chi connectivity index (χ0v) is 12.9. The maximum Gasteiger partial charge on any atom is 0.220 e. The van der Waals surface area contributed by atoms with E-state index in [1.54, 1.807) is 7.11 Å². The van der Waals surface area contributed by atoms with Crippen LogP contribution in [0.15, 0.2) is 30.3 Å². The van der Waals surface area contributed by atoms with Crippen LogP contribution in [0.5, 0.6) is 5.75 Å². The summed E-state index contributed by atoms with van der Waals surface area (Å²) in [4.78, 5) is 8.83. The number of anilines is 1. The number of methoxy groups -OCH3 is 1. The third-order valence-corrected chi connectivity index (χ3v) is 4.12. The summed E-state index contributed by atoms with van der Waals surface area (Å²) in [6.45, 7) is 2.09. The fraction of sp³-hybridized carbons (Fsp3) is 0.412. The number of nitrogens with one attached hydrogen (secondary N) is 1. The Morgan fingerprint density at radius 1 is 1.18 bits per heavy atom. The van der Waals surface area contributed by atoms with Gasteiger partial charge in [-0.05, 0) is 49.7 Å². The van der Waals surface area contributed by atoms with Crippen molar-refractivity contribution in [2.24, 2.45) is 0 Å². The lowest BCUT2D eigenvalue weighted by Gasteiger charge is -2.22.